The molecule has 87 valence electrons. The summed E-state index contributed by atoms with van der Waals surface area (Å²) in [6.45, 7) is 0. The highest BCUT2D eigenvalue weighted by Gasteiger charge is 2.03. The summed E-state index contributed by atoms with van der Waals surface area (Å²) in [6, 6.07) is 20.7. The van der Waals surface area contributed by atoms with Crippen LogP contribution in [0.1, 0.15) is 0 Å². The van der Waals surface area contributed by atoms with Crippen molar-refractivity contribution in [1.29, 1.82) is 0 Å². The first-order chi connectivity index (χ1) is 8.83. The maximum absolute atomic E-state index is 5.86. The molecule has 18 heavy (non-hydrogen) atoms. The van der Waals surface area contributed by atoms with Crippen molar-refractivity contribution in [2.45, 2.75) is 0 Å². The van der Waals surface area contributed by atoms with E-state index in [1.54, 1.807) is 0 Å². The fourth-order valence-corrected chi connectivity index (χ4v) is 1.88. The van der Waals surface area contributed by atoms with Gasteiger partial charge in [0.1, 0.15) is 5.69 Å². The van der Waals surface area contributed by atoms with Crippen molar-refractivity contribution in [3.8, 4) is 16.9 Å². The summed E-state index contributed by atoms with van der Waals surface area (Å²) < 4.78 is 1.81. The van der Waals surface area contributed by atoms with E-state index in [-0.39, 0.29) is 0 Å². The topological polar surface area (TPSA) is 17.8 Å². The van der Waals surface area contributed by atoms with Gasteiger partial charge in [0.15, 0.2) is 0 Å². The molecule has 3 rings (SSSR count). The van der Waals surface area contributed by atoms with E-state index in [1.807, 2.05) is 65.5 Å². The maximum atomic E-state index is 5.86. The normalized spacial score (nSPS) is 10.5. The number of benzene rings is 2. The molecule has 0 saturated heterocycles. The molecule has 0 aliphatic carbocycles. The van der Waals surface area contributed by atoms with Crippen molar-refractivity contribution in [1.82, 2.24) is 9.78 Å². The highest BCUT2D eigenvalue weighted by atomic mass is 35.5. The first kappa shape index (κ1) is 11.1. The lowest BCUT2D eigenvalue weighted by molar-refractivity contribution is 0.884. The fourth-order valence-electron chi connectivity index (χ4n) is 1.75. The monoisotopic (exact) mass is 253 g/mol. The van der Waals surface area contributed by atoms with Crippen molar-refractivity contribution >= 4 is 11.6 Å². The molecule has 0 N–H and O–H groups in total. The standard InChI is InChI=1S/C15H10ClN2/c16-13-8-6-12(7-9-13)15-10-11-18(17-15)14-4-2-1-3-5-14/h1-9,11H. The molecule has 3 aromatic rings. The lowest BCUT2D eigenvalue weighted by Gasteiger charge is -2.00. The zero-order valence-corrected chi connectivity index (χ0v) is 10.3. The first-order valence-corrected chi connectivity index (χ1v) is 5.99. The third-order valence-electron chi connectivity index (χ3n) is 2.67. The van der Waals surface area contributed by atoms with Crippen molar-refractivity contribution in [2.24, 2.45) is 0 Å². The Morgan fingerprint density at radius 1 is 0.944 bits per heavy atom. The quantitative estimate of drug-likeness (QED) is 0.675. The van der Waals surface area contributed by atoms with Gasteiger partial charge in [0.05, 0.1) is 5.69 Å². The number of para-hydroxylation sites is 1. The fraction of sp³-hybridized carbons (Fsp3) is 0. The Morgan fingerprint density at radius 2 is 1.67 bits per heavy atom. The zero-order valence-electron chi connectivity index (χ0n) is 9.55. The molecule has 0 fully saturated rings. The summed E-state index contributed by atoms with van der Waals surface area (Å²) in [4.78, 5) is 0. The van der Waals surface area contributed by atoms with Crippen LogP contribution >= 0.6 is 11.6 Å². The molecule has 1 aromatic heterocycles. The van der Waals surface area contributed by atoms with Crippen LogP contribution in [0.15, 0.2) is 60.8 Å². The Hall–Kier alpha value is -2.06. The Labute approximate surface area is 110 Å². The molecular weight excluding hydrogens is 244 g/mol. The predicted octanol–water partition coefficient (Wildman–Crippen LogP) is 3.99. The van der Waals surface area contributed by atoms with Gasteiger partial charge in [0.2, 0.25) is 0 Å². The minimum Gasteiger partial charge on any atom is -0.240 e. The third kappa shape index (κ3) is 2.15. The van der Waals surface area contributed by atoms with Crippen LogP contribution in [0.2, 0.25) is 5.02 Å². The summed E-state index contributed by atoms with van der Waals surface area (Å²) in [6.07, 6.45) is 1.83. The molecule has 1 radical (unpaired) electrons. The summed E-state index contributed by atoms with van der Waals surface area (Å²) in [5.41, 5.74) is 2.85. The van der Waals surface area contributed by atoms with Crippen molar-refractivity contribution in [3.05, 3.63) is 71.9 Å². The van der Waals surface area contributed by atoms with E-state index < -0.39 is 0 Å². The number of halogens is 1. The lowest BCUT2D eigenvalue weighted by atomic mass is 10.2. The minimum absolute atomic E-state index is 0.723. The van der Waals surface area contributed by atoms with Gasteiger partial charge in [-0.05, 0) is 24.3 Å². The molecule has 0 spiro atoms. The average Bonchev–Trinajstić information content (AvgIpc) is 2.90. The van der Waals surface area contributed by atoms with Crippen LogP contribution in [-0.2, 0) is 0 Å². The number of hydrogen-bond donors (Lipinski definition) is 0. The molecule has 0 amide bonds. The van der Waals surface area contributed by atoms with E-state index in [0.29, 0.717) is 0 Å². The second kappa shape index (κ2) is 4.67. The highest BCUT2D eigenvalue weighted by Crippen LogP contribution is 2.20. The van der Waals surface area contributed by atoms with Gasteiger partial charge in [-0.25, -0.2) is 4.68 Å². The summed E-state index contributed by atoms with van der Waals surface area (Å²) >= 11 is 5.86. The van der Waals surface area contributed by atoms with E-state index in [9.17, 15) is 0 Å². The molecule has 2 nitrogen and oxygen atoms in total. The zero-order chi connectivity index (χ0) is 12.4. The first-order valence-electron chi connectivity index (χ1n) is 5.62. The van der Waals surface area contributed by atoms with E-state index in [4.69, 9.17) is 11.6 Å². The molecule has 0 atom stereocenters. The number of aromatic nitrogens is 2. The number of nitrogens with zero attached hydrogens (tertiary/aromatic N) is 2. The van der Waals surface area contributed by atoms with Crippen LogP contribution in [0.25, 0.3) is 16.9 Å². The van der Waals surface area contributed by atoms with Crippen molar-refractivity contribution < 1.29 is 0 Å². The molecule has 0 bridgehead atoms. The molecule has 2 aromatic carbocycles. The number of hydrogen-bond acceptors (Lipinski definition) is 1. The van der Waals surface area contributed by atoms with Crippen LogP contribution in [0.5, 0.6) is 0 Å². The van der Waals surface area contributed by atoms with E-state index in [0.717, 1.165) is 22.0 Å². The van der Waals surface area contributed by atoms with Gasteiger partial charge in [-0.3, -0.25) is 0 Å². The van der Waals surface area contributed by atoms with Gasteiger partial charge < -0.3 is 0 Å². The largest absolute Gasteiger partial charge is 0.240 e. The smallest absolute Gasteiger partial charge is 0.101 e. The van der Waals surface area contributed by atoms with Gasteiger partial charge in [0, 0.05) is 22.8 Å². The Morgan fingerprint density at radius 3 is 2.39 bits per heavy atom. The molecule has 0 aliphatic heterocycles. The molecule has 0 aliphatic rings. The Bertz CT molecular complexity index is 642. The average molecular weight is 254 g/mol. The maximum Gasteiger partial charge on any atom is 0.101 e. The van der Waals surface area contributed by atoms with E-state index >= 15 is 0 Å². The molecule has 0 saturated carbocycles. The summed E-state index contributed by atoms with van der Waals surface area (Å²) in [5.74, 6) is 0. The van der Waals surface area contributed by atoms with Gasteiger partial charge in [-0.1, -0.05) is 41.9 Å². The third-order valence-corrected chi connectivity index (χ3v) is 2.92. The van der Waals surface area contributed by atoms with Gasteiger partial charge in [-0.15, -0.1) is 0 Å². The minimum atomic E-state index is 0.723. The SMILES string of the molecule is Clc1ccc(-c2[c]cn(-c3ccccc3)n2)cc1. The van der Waals surface area contributed by atoms with Crippen LogP contribution in [-0.4, -0.2) is 9.78 Å². The van der Waals surface area contributed by atoms with E-state index in [2.05, 4.69) is 11.2 Å². The second-order valence-corrected chi connectivity index (χ2v) is 4.35. The van der Waals surface area contributed by atoms with Crippen molar-refractivity contribution in [2.75, 3.05) is 0 Å². The van der Waals surface area contributed by atoms with Gasteiger partial charge in [-0.2, -0.15) is 5.10 Å². The van der Waals surface area contributed by atoms with Crippen LogP contribution in [0, 0.1) is 6.07 Å². The molecule has 1 heterocycles. The molecular formula is C15H10ClN2. The van der Waals surface area contributed by atoms with Crippen LogP contribution < -0.4 is 0 Å². The molecule has 0 unspecified atom stereocenters. The summed E-state index contributed by atoms with van der Waals surface area (Å²) in [7, 11) is 0. The highest BCUT2D eigenvalue weighted by molar-refractivity contribution is 6.30. The van der Waals surface area contributed by atoms with Crippen molar-refractivity contribution in [3.63, 3.8) is 0 Å². The van der Waals surface area contributed by atoms with Gasteiger partial charge >= 0.3 is 0 Å². The summed E-state index contributed by atoms with van der Waals surface area (Å²) in [5, 5.41) is 5.22. The molecule has 3 heteroatoms. The van der Waals surface area contributed by atoms with Crippen LogP contribution in [0.3, 0.4) is 0 Å². The Kier molecular flexibility index (Phi) is 2.87. The van der Waals surface area contributed by atoms with E-state index in [1.165, 1.54) is 0 Å². The predicted molar refractivity (Wildman–Crippen MR) is 72.8 cm³/mol. The number of rotatable bonds is 2. The Balaban J connectivity index is 1.97. The lowest BCUT2D eigenvalue weighted by Crippen LogP contribution is -1.93. The van der Waals surface area contributed by atoms with Crippen LogP contribution in [0.4, 0.5) is 0 Å². The second-order valence-electron chi connectivity index (χ2n) is 3.91. The van der Waals surface area contributed by atoms with Gasteiger partial charge in [0.25, 0.3) is 0 Å².